The van der Waals surface area contributed by atoms with Gasteiger partial charge in [-0.25, -0.2) is 0 Å². The van der Waals surface area contributed by atoms with Crippen molar-refractivity contribution < 1.29 is 20.1 Å². The first-order valence-electron chi connectivity index (χ1n) is 3.62. The van der Waals surface area contributed by atoms with Crippen LogP contribution in [0.5, 0.6) is 0 Å². The van der Waals surface area contributed by atoms with E-state index in [2.05, 4.69) is 0 Å². The van der Waals surface area contributed by atoms with E-state index in [-0.39, 0.29) is 13.2 Å². The third kappa shape index (κ3) is 26.6. The number of rotatable bonds is 4. The number of carboxylic acid groups (broad SMARTS) is 1. The fourth-order valence-electron chi connectivity index (χ4n) is 0.285. The molecule has 0 aromatic carbocycles. The van der Waals surface area contributed by atoms with Gasteiger partial charge < -0.3 is 15.3 Å². The molecule has 0 fully saturated rings. The van der Waals surface area contributed by atoms with Gasteiger partial charge in [0.25, 0.3) is 0 Å². The van der Waals surface area contributed by atoms with Crippen molar-refractivity contribution in [2.24, 2.45) is 0 Å². The number of carboxylic acids is 1. The van der Waals surface area contributed by atoms with Crippen molar-refractivity contribution in [3.8, 4) is 0 Å². The van der Waals surface area contributed by atoms with Gasteiger partial charge in [0.2, 0.25) is 0 Å². The molecule has 0 radical (unpaired) electrons. The van der Waals surface area contributed by atoms with Crippen LogP contribution in [0.3, 0.4) is 0 Å². The molecular formula is C7H16O4. The summed E-state index contributed by atoms with van der Waals surface area (Å²) in [6.07, 6.45) is 1.52. The van der Waals surface area contributed by atoms with E-state index in [1.807, 2.05) is 6.92 Å². The minimum Gasteiger partial charge on any atom is -0.481 e. The largest absolute Gasteiger partial charge is 0.481 e. The Morgan fingerprint density at radius 1 is 1.27 bits per heavy atom. The minimum atomic E-state index is -0.711. The fraction of sp³-hybridized carbons (Fsp3) is 0.857. The maximum absolute atomic E-state index is 9.60. The van der Waals surface area contributed by atoms with Crippen molar-refractivity contribution in [3.63, 3.8) is 0 Å². The van der Waals surface area contributed by atoms with Gasteiger partial charge >= 0.3 is 5.97 Å². The molecule has 0 aromatic rings. The van der Waals surface area contributed by atoms with Gasteiger partial charge in [-0.05, 0) is 12.8 Å². The third-order valence-electron chi connectivity index (χ3n) is 0.780. The van der Waals surface area contributed by atoms with Gasteiger partial charge in [0, 0.05) is 19.6 Å². The molecule has 0 atom stereocenters. The van der Waals surface area contributed by atoms with E-state index in [1.54, 1.807) is 0 Å². The summed E-state index contributed by atoms with van der Waals surface area (Å²) in [5.41, 5.74) is 0. The van der Waals surface area contributed by atoms with E-state index < -0.39 is 5.97 Å². The molecule has 0 amide bonds. The second-order valence-corrected chi connectivity index (χ2v) is 1.94. The molecular weight excluding hydrogens is 148 g/mol. The lowest BCUT2D eigenvalue weighted by Gasteiger charge is -1.79. The van der Waals surface area contributed by atoms with Crippen molar-refractivity contribution in [2.75, 3.05) is 13.2 Å². The molecule has 4 nitrogen and oxygen atoms in total. The second kappa shape index (κ2) is 12.1. The SMILES string of the molecule is CCCC(=O)O.OCCCO. The summed E-state index contributed by atoms with van der Waals surface area (Å²) in [5, 5.41) is 23.7. The van der Waals surface area contributed by atoms with Gasteiger partial charge in [0.1, 0.15) is 0 Å². The summed E-state index contributed by atoms with van der Waals surface area (Å²) in [7, 11) is 0. The molecule has 0 unspecified atom stereocenters. The van der Waals surface area contributed by atoms with Crippen LogP contribution in [0.1, 0.15) is 26.2 Å². The summed E-state index contributed by atoms with van der Waals surface area (Å²) in [4.78, 5) is 9.60. The average molecular weight is 164 g/mol. The summed E-state index contributed by atoms with van der Waals surface area (Å²) in [5.74, 6) is -0.711. The van der Waals surface area contributed by atoms with Crippen LogP contribution in [-0.4, -0.2) is 34.5 Å². The van der Waals surface area contributed by atoms with E-state index in [4.69, 9.17) is 15.3 Å². The molecule has 0 heterocycles. The smallest absolute Gasteiger partial charge is 0.303 e. The van der Waals surface area contributed by atoms with E-state index in [0.717, 1.165) is 6.42 Å². The first-order chi connectivity index (χ1) is 5.18. The lowest BCUT2D eigenvalue weighted by Crippen LogP contribution is -1.90. The van der Waals surface area contributed by atoms with Crippen LogP contribution in [0, 0.1) is 0 Å². The zero-order chi connectivity index (χ0) is 9.11. The molecule has 3 N–H and O–H groups in total. The van der Waals surface area contributed by atoms with Gasteiger partial charge in [-0.3, -0.25) is 4.79 Å². The Hall–Kier alpha value is -0.610. The molecule has 0 aliphatic heterocycles. The summed E-state index contributed by atoms with van der Waals surface area (Å²) < 4.78 is 0. The van der Waals surface area contributed by atoms with Gasteiger partial charge in [-0.2, -0.15) is 0 Å². The average Bonchev–Trinajstić information content (AvgIpc) is 1.90. The topological polar surface area (TPSA) is 77.8 Å². The Kier molecular flexibility index (Phi) is 14.3. The van der Waals surface area contributed by atoms with Gasteiger partial charge in [0.05, 0.1) is 0 Å². The highest BCUT2D eigenvalue weighted by molar-refractivity contribution is 5.66. The Morgan fingerprint density at radius 2 is 1.73 bits per heavy atom. The highest BCUT2D eigenvalue weighted by Crippen LogP contribution is 1.82. The van der Waals surface area contributed by atoms with Crippen molar-refractivity contribution in [1.29, 1.82) is 0 Å². The zero-order valence-corrected chi connectivity index (χ0v) is 6.79. The van der Waals surface area contributed by atoms with E-state index in [1.165, 1.54) is 0 Å². The minimum absolute atomic E-state index is 0.0938. The van der Waals surface area contributed by atoms with E-state index in [9.17, 15) is 4.79 Å². The molecule has 68 valence electrons. The van der Waals surface area contributed by atoms with Gasteiger partial charge in [0.15, 0.2) is 0 Å². The number of aliphatic hydroxyl groups excluding tert-OH is 2. The molecule has 0 bridgehead atoms. The maximum atomic E-state index is 9.60. The molecule has 4 heteroatoms. The summed E-state index contributed by atoms with van der Waals surface area (Å²) in [6, 6.07) is 0. The molecule has 0 saturated heterocycles. The number of hydrogen-bond donors (Lipinski definition) is 3. The number of aliphatic hydroxyl groups is 2. The molecule has 0 spiro atoms. The van der Waals surface area contributed by atoms with E-state index in [0.29, 0.717) is 12.8 Å². The van der Waals surface area contributed by atoms with Crippen molar-refractivity contribution in [3.05, 3.63) is 0 Å². The molecule has 0 aromatic heterocycles. The number of carbonyl (C=O) groups is 1. The van der Waals surface area contributed by atoms with Crippen LogP contribution < -0.4 is 0 Å². The molecule has 0 saturated carbocycles. The Labute approximate surface area is 66.5 Å². The van der Waals surface area contributed by atoms with Gasteiger partial charge in [-0.15, -0.1) is 0 Å². The van der Waals surface area contributed by atoms with Crippen molar-refractivity contribution in [1.82, 2.24) is 0 Å². The maximum Gasteiger partial charge on any atom is 0.303 e. The lowest BCUT2D eigenvalue weighted by molar-refractivity contribution is -0.137. The monoisotopic (exact) mass is 164 g/mol. The molecule has 0 aliphatic carbocycles. The quantitative estimate of drug-likeness (QED) is 0.556. The zero-order valence-electron chi connectivity index (χ0n) is 6.79. The molecule has 11 heavy (non-hydrogen) atoms. The fourth-order valence-corrected chi connectivity index (χ4v) is 0.285. The van der Waals surface area contributed by atoms with Crippen LogP contribution in [0.15, 0.2) is 0 Å². The van der Waals surface area contributed by atoms with E-state index >= 15 is 0 Å². The predicted octanol–water partition coefficient (Wildman–Crippen LogP) is 0.232. The number of hydrogen-bond acceptors (Lipinski definition) is 3. The first-order valence-corrected chi connectivity index (χ1v) is 3.62. The Balaban J connectivity index is 0. The van der Waals surface area contributed by atoms with Crippen LogP contribution in [0.25, 0.3) is 0 Å². The molecule has 0 rings (SSSR count). The van der Waals surface area contributed by atoms with Crippen molar-refractivity contribution >= 4 is 5.97 Å². The second-order valence-electron chi connectivity index (χ2n) is 1.94. The van der Waals surface area contributed by atoms with Crippen molar-refractivity contribution in [2.45, 2.75) is 26.2 Å². The normalized spacial score (nSPS) is 8.27. The summed E-state index contributed by atoms with van der Waals surface area (Å²) >= 11 is 0. The number of aliphatic carboxylic acids is 1. The third-order valence-corrected chi connectivity index (χ3v) is 0.780. The standard InChI is InChI=1S/C4H8O2.C3H8O2/c1-2-3-4(5)6;4-2-1-3-5/h2-3H2,1H3,(H,5,6);4-5H,1-3H2. The van der Waals surface area contributed by atoms with Crippen LogP contribution >= 0.6 is 0 Å². The highest BCUT2D eigenvalue weighted by Gasteiger charge is 1.87. The Bertz CT molecular complexity index is 80.5. The van der Waals surface area contributed by atoms with Gasteiger partial charge in [-0.1, -0.05) is 6.92 Å². The first kappa shape index (κ1) is 13.0. The Morgan fingerprint density at radius 3 is 1.73 bits per heavy atom. The highest BCUT2D eigenvalue weighted by atomic mass is 16.4. The van der Waals surface area contributed by atoms with Crippen LogP contribution in [0.2, 0.25) is 0 Å². The predicted molar refractivity (Wildman–Crippen MR) is 41.3 cm³/mol. The van der Waals surface area contributed by atoms with Crippen LogP contribution in [-0.2, 0) is 4.79 Å². The summed E-state index contributed by atoms with van der Waals surface area (Å²) in [6.45, 7) is 2.03. The molecule has 0 aliphatic rings. The van der Waals surface area contributed by atoms with Crippen LogP contribution in [0.4, 0.5) is 0 Å². The lowest BCUT2D eigenvalue weighted by atomic mass is 10.4.